The van der Waals surface area contributed by atoms with Crippen LogP contribution < -0.4 is 0 Å². The van der Waals surface area contributed by atoms with Crippen LogP contribution in [0.15, 0.2) is 18.3 Å². The molecule has 1 heteroatoms. The van der Waals surface area contributed by atoms with Gasteiger partial charge in [-0.25, -0.2) is 0 Å². The van der Waals surface area contributed by atoms with E-state index in [1.54, 1.807) is 0 Å². The van der Waals surface area contributed by atoms with Crippen LogP contribution in [0.4, 0.5) is 0 Å². The molecule has 88 valence electrons. The van der Waals surface area contributed by atoms with E-state index in [2.05, 4.69) is 44.1 Å². The van der Waals surface area contributed by atoms with Gasteiger partial charge < -0.3 is 0 Å². The third-order valence-electron chi connectivity index (χ3n) is 3.63. The van der Waals surface area contributed by atoms with E-state index in [1.165, 1.54) is 43.4 Å². The molecule has 1 aliphatic rings. The van der Waals surface area contributed by atoms with Crippen LogP contribution in [0.25, 0.3) is 0 Å². The van der Waals surface area contributed by atoms with Crippen molar-refractivity contribution in [3.63, 3.8) is 0 Å². The van der Waals surface area contributed by atoms with Crippen LogP contribution >= 0.6 is 0 Å². The van der Waals surface area contributed by atoms with Gasteiger partial charge in [-0.2, -0.15) is 0 Å². The summed E-state index contributed by atoms with van der Waals surface area (Å²) in [6, 6.07) is 4.51. The van der Waals surface area contributed by atoms with E-state index < -0.39 is 0 Å². The molecule has 1 aromatic rings. The molecule has 16 heavy (non-hydrogen) atoms. The molecule has 2 rings (SSSR count). The highest BCUT2D eigenvalue weighted by atomic mass is 14.7. The van der Waals surface area contributed by atoms with Crippen molar-refractivity contribution in [3.8, 4) is 0 Å². The van der Waals surface area contributed by atoms with Gasteiger partial charge in [0.25, 0.3) is 0 Å². The topological polar surface area (TPSA) is 12.9 Å². The van der Waals surface area contributed by atoms with E-state index in [4.69, 9.17) is 0 Å². The van der Waals surface area contributed by atoms with Crippen molar-refractivity contribution in [2.75, 3.05) is 0 Å². The molecule has 0 radical (unpaired) electrons. The van der Waals surface area contributed by atoms with E-state index in [-0.39, 0.29) is 5.41 Å². The molecule has 0 unspecified atom stereocenters. The van der Waals surface area contributed by atoms with E-state index in [0.29, 0.717) is 0 Å². The Kier molecular flexibility index (Phi) is 3.32. The van der Waals surface area contributed by atoms with Gasteiger partial charge in [0, 0.05) is 17.3 Å². The summed E-state index contributed by atoms with van der Waals surface area (Å²) < 4.78 is 0. The van der Waals surface area contributed by atoms with Crippen molar-refractivity contribution < 1.29 is 0 Å². The zero-order valence-electron chi connectivity index (χ0n) is 10.8. The van der Waals surface area contributed by atoms with Crippen LogP contribution in [0, 0.1) is 0 Å². The van der Waals surface area contributed by atoms with Gasteiger partial charge in [0.2, 0.25) is 0 Å². The van der Waals surface area contributed by atoms with Crippen LogP contribution in [-0.4, -0.2) is 4.98 Å². The summed E-state index contributed by atoms with van der Waals surface area (Å²) in [5.74, 6) is 0.773. The first kappa shape index (κ1) is 11.6. The minimum atomic E-state index is 0.172. The molecule has 0 N–H and O–H groups in total. The Balaban J connectivity index is 2.12. The van der Waals surface area contributed by atoms with Crippen molar-refractivity contribution in [2.45, 2.75) is 64.2 Å². The maximum atomic E-state index is 4.63. The first-order valence-corrected chi connectivity index (χ1v) is 6.54. The number of pyridine rings is 1. The molecule has 0 atom stereocenters. The Morgan fingerprint density at radius 3 is 2.25 bits per heavy atom. The summed E-state index contributed by atoms with van der Waals surface area (Å²) in [7, 11) is 0. The maximum absolute atomic E-state index is 4.63. The first-order valence-electron chi connectivity index (χ1n) is 6.54. The standard InChI is InChI=1S/C15H23N/c1-15(2,3)14-10-9-13(11-16-14)12-7-5-4-6-8-12/h9-12H,4-8H2,1-3H3. The molecule has 1 saturated carbocycles. The fourth-order valence-corrected chi connectivity index (χ4v) is 2.53. The summed E-state index contributed by atoms with van der Waals surface area (Å²) >= 11 is 0. The number of aromatic nitrogens is 1. The normalized spacial score (nSPS) is 18.7. The van der Waals surface area contributed by atoms with Gasteiger partial charge in [-0.1, -0.05) is 46.1 Å². The minimum Gasteiger partial charge on any atom is -0.260 e. The van der Waals surface area contributed by atoms with Gasteiger partial charge in [0.1, 0.15) is 0 Å². The minimum absolute atomic E-state index is 0.172. The Labute approximate surface area is 99.3 Å². The predicted octanol–water partition coefficient (Wildman–Crippen LogP) is 4.43. The number of hydrogen-bond acceptors (Lipinski definition) is 1. The Morgan fingerprint density at radius 2 is 1.75 bits per heavy atom. The Bertz CT molecular complexity index is 325. The molecule has 1 nitrogen and oxygen atoms in total. The summed E-state index contributed by atoms with van der Waals surface area (Å²) in [6.07, 6.45) is 9.03. The van der Waals surface area contributed by atoms with Crippen LogP contribution in [-0.2, 0) is 5.41 Å². The first-order chi connectivity index (χ1) is 7.57. The van der Waals surface area contributed by atoms with Crippen molar-refractivity contribution in [1.29, 1.82) is 0 Å². The van der Waals surface area contributed by atoms with Gasteiger partial charge in [0.05, 0.1) is 0 Å². The van der Waals surface area contributed by atoms with Crippen LogP contribution in [0.5, 0.6) is 0 Å². The van der Waals surface area contributed by atoms with E-state index >= 15 is 0 Å². The molecule has 0 aliphatic heterocycles. The van der Waals surface area contributed by atoms with Crippen molar-refractivity contribution >= 4 is 0 Å². The average Bonchev–Trinajstić information content (AvgIpc) is 2.29. The molecular weight excluding hydrogens is 194 g/mol. The highest BCUT2D eigenvalue weighted by molar-refractivity contribution is 5.22. The highest BCUT2D eigenvalue weighted by Crippen LogP contribution is 2.32. The molecule has 1 aromatic heterocycles. The maximum Gasteiger partial charge on any atom is 0.0457 e. The molecule has 0 spiro atoms. The van der Waals surface area contributed by atoms with Crippen molar-refractivity contribution in [2.24, 2.45) is 0 Å². The largest absolute Gasteiger partial charge is 0.260 e. The molecule has 0 amide bonds. The molecular formula is C15H23N. The van der Waals surface area contributed by atoms with E-state index in [1.807, 2.05) is 0 Å². The average molecular weight is 217 g/mol. The lowest BCUT2D eigenvalue weighted by atomic mass is 9.84. The lowest BCUT2D eigenvalue weighted by Gasteiger charge is -2.23. The van der Waals surface area contributed by atoms with Crippen LogP contribution in [0.2, 0.25) is 0 Å². The third-order valence-corrected chi connectivity index (χ3v) is 3.63. The van der Waals surface area contributed by atoms with Gasteiger partial charge in [-0.3, -0.25) is 4.98 Å². The quantitative estimate of drug-likeness (QED) is 0.678. The van der Waals surface area contributed by atoms with Crippen LogP contribution in [0.3, 0.4) is 0 Å². The highest BCUT2D eigenvalue weighted by Gasteiger charge is 2.18. The predicted molar refractivity (Wildman–Crippen MR) is 68.8 cm³/mol. The molecule has 1 aliphatic carbocycles. The number of rotatable bonds is 1. The number of hydrogen-bond donors (Lipinski definition) is 0. The second-order valence-corrected chi connectivity index (χ2v) is 6.06. The molecule has 1 heterocycles. The number of nitrogens with zero attached hydrogens (tertiary/aromatic N) is 1. The van der Waals surface area contributed by atoms with Crippen molar-refractivity contribution in [3.05, 3.63) is 29.6 Å². The van der Waals surface area contributed by atoms with Gasteiger partial charge in [-0.05, 0) is 30.4 Å². The molecule has 0 bridgehead atoms. The monoisotopic (exact) mass is 217 g/mol. The van der Waals surface area contributed by atoms with Gasteiger partial charge >= 0.3 is 0 Å². The van der Waals surface area contributed by atoms with E-state index in [0.717, 1.165) is 5.92 Å². The summed E-state index contributed by atoms with van der Waals surface area (Å²) in [4.78, 5) is 4.63. The fraction of sp³-hybridized carbons (Fsp3) is 0.667. The fourth-order valence-electron chi connectivity index (χ4n) is 2.53. The smallest absolute Gasteiger partial charge is 0.0457 e. The van der Waals surface area contributed by atoms with Crippen molar-refractivity contribution in [1.82, 2.24) is 4.98 Å². The molecule has 0 saturated heterocycles. The molecule has 1 fully saturated rings. The Hall–Kier alpha value is -0.850. The van der Waals surface area contributed by atoms with Gasteiger partial charge in [0.15, 0.2) is 0 Å². The zero-order chi connectivity index (χ0) is 11.6. The summed E-state index contributed by atoms with van der Waals surface area (Å²) in [5.41, 5.74) is 2.82. The zero-order valence-corrected chi connectivity index (χ0v) is 10.8. The second-order valence-electron chi connectivity index (χ2n) is 6.06. The SMILES string of the molecule is CC(C)(C)c1ccc(C2CCCCC2)cn1. The van der Waals surface area contributed by atoms with Crippen LogP contribution in [0.1, 0.15) is 70.1 Å². The Morgan fingerprint density at radius 1 is 1.06 bits per heavy atom. The lowest BCUT2D eigenvalue weighted by molar-refractivity contribution is 0.442. The van der Waals surface area contributed by atoms with Gasteiger partial charge in [-0.15, -0.1) is 0 Å². The summed E-state index contributed by atoms with van der Waals surface area (Å²) in [6.45, 7) is 6.65. The second kappa shape index (κ2) is 4.57. The lowest BCUT2D eigenvalue weighted by Crippen LogP contribution is -2.14. The van der Waals surface area contributed by atoms with E-state index in [9.17, 15) is 0 Å². The molecule has 0 aromatic carbocycles. The summed E-state index contributed by atoms with van der Waals surface area (Å²) in [5, 5.41) is 0. The third kappa shape index (κ3) is 2.63.